The summed E-state index contributed by atoms with van der Waals surface area (Å²) in [6.45, 7) is 0. The number of benzene rings is 1. The molecule has 1 unspecified atom stereocenters. The molecule has 0 saturated carbocycles. The summed E-state index contributed by atoms with van der Waals surface area (Å²) in [4.78, 5) is 26.0. The van der Waals surface area contributed by atoms with E-state index in [-0.39, 0.29) is 24.5 Å². The van der Waals surface area contributed by atoms with Gasteiger partial charge in [0.25, 0.3) is 0 Å². The molecule has 2 rings (SSSR count). The van der Waals surface area contributed by atoms with E-state index >= 15 is 0 Å². The minimum absolute atomic E-state index is 0.165. The summed E-state index contributed by atoms with van der Waals surface area (Å²) in [6.07, 6.45) is 0.00165. The molecule has 1 fully saturated rings. The number of nitrogens with one attached hydrogen (secondary N) is 1. The van der Waals surface area contributed by atoms with Gasteiger partial charge < -0.3 is 10.2 Å². The minimum Gasteiger partial charge on any atom is -0.365 e. The highest BCUT2D eigenvalue weighted by Crippen LogP contribution is 2.17. The fraction of sp³-hybridized carbons (Fsp3) is 0.333. The number of carbonyl (C=O) groups is 2. The molecule has 1 atom stereocenters. The van der Waals surface area contributed by atoms with Crippen molar-refractivity contribution in [2.75, 3.05) is 19.4 Å². The van der Waals surface area contributed by atoms with E-state index in [1.807, 2.05) is 30.3 Å². The zero-order chi connectivity index (χ0) is 12.4. The van der Waals surface area contributed by atoms with Gasteiger partial charge in [-0.1, -0.05) is 18.2 Å². The van der Waals surface area contributed by atoms with Crippen molar-refractivity contribution in [3.63, 3.8) is 0 Å². The van der Waals surface area contributed by atoms with E-state index in [0.29, 0.717) is 0 Å². The van der Waals surface area contributed by atoms with Gasteiger partial charge >= 0.3 is 6.03 Å². The molecule has 1 aromatic rings. The highest BCUT2D eigenvalue weighted by Gasteiger charge is 2.34. The predicted octanol–water partition coefficient (Wildman–Crippen LogP) is 1.34. The van der Waals surface area contributed by atoms with Crippen molar-refractivity contribution in [1.29, 1.82) is 0 Å². The fourth-order valence-corrected chi connectivity index (χ4v) is 1.79. The Labute approximate surface area is 100 Å². The number of carbonyl (C=O) groups excluding carboxylic acids is 2. The van der Waals surface area contributed by atoms with E-state index in [9.17, 15) is 9.59 Å². The topological polar surface area (TPSA) is 52.7 Å². The number of rotatable bonds is 2. The van der Waals surface area contributed by atoms with Gasteiger partial charge in [-0.3, -0.25) is 9.69 Å². The first-order valence-electron chi connectivity index (χ1n) is 5.44. The summed E-state index contributed by atoms with van der Waals surface area (Å²) in [5, 5.41) is 3.17. The SMILES string of the molecule is CN1C(=O)CC(Nc2ccccc2)N(C)C1=O. The molecule has 1 heterocycles. The van der Waals surface area contributed by atoms with Crippen LogP contribution in [0, 0.1) is 0 Å². The van der Waals surface area contributed by atoms with Gasteiger partial charge in [-0.15, -0.1) is 0 Å². The first-order chi connectivity index (χ1) is 8.09. The minimum atomic E-state index is -0.284. The van der Waals surface area contributed by atoms with Crippen LogP contribution in [0.5, 0.6) is 0 Å². The number of imide groups is 1. The Kier molecular flexibility index (Phi) is 2.99. The number of hydrogen-bond donors (Lipinski definition) is 1. The Morgan fingerprint density at radius 3 is 2.47 bits per heavy atom. The summed E-state index contributed by atoms with van der Waals surface area (Å²) in [6, 6.07) is 9.25. The lowest BCUT2D eigenvalue weighted by atomic mass is 10.2. The van der Waals surface area contributed by atoms with Crippen LogP contribution >= 0.6 is 0 Å². The van der Waals surface area contributed by atoms with Gasteiger partial charge in [0.15, 0.2) is 0 Å². The summed E-state index contributed by atoms with van der Waals surface area (Å²) < 4.78 is 0. The van der Waals surface area contributed by atoms with Gasteiger partial charge in [0.05, 0.1) is 6.42 Å². The number of urea groups is 1. The second-order valence-electron chi connectivity index (χ2n) is 4.08. The molecular formula is C12H15N3O2. The van der Waals surface area contributed by atoms with E-state index in [1.54, 1.807) is 7.05 Å². The molecular weight excluding hydrogens is 218 g/mol. The lowest BCUT2D eigenvalue weighted by molar-refractivity contribution is -0.130. The lowest BCUT2D eigenvalue weighted by Crippen LogP contribution is -2.56. The highest BCUT2D eigenvalue weighted by molar-refractivity contribution is 5.97. The Morgan fingerprint density at radius 2 is 1.82 bits per heavy atom. The lowest BCUT2D eigenvalue weighted by Gasteiger charge is -2.37. The number of amides is 3. The Hall–Kier alpha value is -2.04. The molecule has 1 aliphatic heterocycles. The normalized spacial score (nSPS) is 20.7. The summed E-state index contributed by atoms with van der Waals surface area (Å²) >= 11 is 0. The van der Waals surface area contributed by atoms with Crippen molar-refractivity contribution < 1.29 is 9.59 Å². The van der Waals surface area contributed by atoms with Crippen molar-refractivity contribution in [2.45, 2.75) is 12.6 Å². The molecule has 0 spiro atoms. The number of para-hydroxylation sites is 1. The van der Waals surface area contributed by atoms with Crippen molar-refractivity contribution in [3.8, 4) is 0 Å². The molecule has 0 aromatic heterocycles. The Balaban J connectivity index is 2.12. The number of anilines is 1. The van der Waals surface area contributed by atoms with Crippen LogP contribution in [0.2, 0.25) is 0 Å². The van der Waals surface area contributed by atoms with Gasteiger partial charge in [-0.2, -0.15) is 0 Å². The van der Waals surface area contributed by atoms with Crippen LogP contribution < -0.4 is 5.32 Å². The Morgan fingerprint density at radius 1 is 1.18 bits per heavy atom. The van der Waals surface area contributed by atoms with Gasteiger partial charge in [0.1, 0.15) is 6.17 Å². The first kappa shape index (κ1) is 11.4. The van der Waals surface area contributed by atoms with Crippen LogP contribution in [0.4, 0.5) is 10.5 Å². The molecule has 3 amide bonds. The first-order valence-corrected chi connectivity index (χ1v) is 5.44. The third-order valence-electron chi connectivity index (χ3n) is 2.91. The van der Waals surface area contributed by atoms with E-state index in [1.165, 1.54) is 11.9 Å². The van der Waals surface area contributed by atoms with Gasteiger partial charge in [-0.05, 0) is 12.1 Å². The van der Waals surface area contributed by atoms with Crippen LogP contribution in [0.25, 0.3) is 0 Å². The van der Waals surface area contributed by atoms with Crippen LogP contribution in [0.3, 0.4) is 0 Å². The molecule has 5 nitrogen and oxygen atoms in total. The van der Waals surface area contributed by atoms with Gasteiger partial charge in [0.2, 0.25) is 5.91 Å². The van der Waals surface area contributed by atoms with E-state index in [2.05, 4.69) is 5.32 Å². The average molecular weight is 233 g/mol. The van der Waals surface area contributed by atoms with E-state index < -0.39 is 0 Å². The van der Waals surface area contributed by atoms with Crippen molar-refractivity contribution >= 4 is 17.6 Å². The zero-order valence-corrected chi connectivity index (χ0v) is 9.88. The molecule has 0 radical (unpaired) electrons. The molecule has 0 bridgehead atoms. The largest absolute Gasteiger partial charge is 0.365 e. The maximum absolute atomic E-state index is 11.7. The fourth-order valence-electron chi connectivity index (χ4n) is 1.79. The smallest absolute Gasteiger partial charge is 0.327 e. The third kappa shape index (κ3) is 2.22. The van der Waals surface area contributed by atoms with Crippen molar-refractivity contribution in [1.82, 2.24) is 9.80 Å². The quantitative estimate of drug-likeness (QED) is 0.838. The van der Waals surface area contributed by atoms with E-state index in [4.69, 9.17) is 0 Å². The summed E-state index contributed by atoms with van der Waals surface area (Å²) in [5.41, 5.74) is 0.898. The molecule has 1 N–H and O–H groups in total. The maximum atomic E-state index is 11.7. The molecule has 0 aliphatic carbocycles. The molecule has 17 heavy (non-hydrogen) atoms. The molecule has 5 heteroatoms. The monoisotopic (exact) mass is 233 g/mol. The maximum Gasteiger partial charge on any atom is 0.327 e. The second kappa shape index (κ2) is 4.45. The van der Waals surface area contributed by atoms with Crippen LogP contribution in [-0.2, 0) is 4.79 Å². The molecule has 1 aliphatic rings. The van der Waals surface area contributed by atoms with Crippen molar-refractivity contribution in [2.24, 2.45) is 0 Å². The Bertz CT molecular complexity index is 433. The summed E-state index contributed by atoms with van der Waals surface area (Å²) in [5.74, 6) is -0.165. The predicted molar refractivity (Wildman–Crippen MR) is 64.4 cm³/mol. The van der Waals surface area contributed by atoms with Crippen LogP contribution in [0.1, 0.15) is 6.42 Å². The number of nitrogens with zero attached hydrogens (tertiary/aromatic N) is 2. The summed E-state index contributed by atoms with van der Waals surface area (Å²) in [7, 11) is 3.19. The second-order valence-corrected chi connectivity index (χ2v) is 4.08. The third-order valence-corrected chi connectivity index (χ3v) is 2.91. The van der Waals surface area contributed by atoms with Gasteiger partial charge in [0, 0.05) is 19.8 Å². The standard InChI is InChI=1S/C12H15N3O2/c1-14-10(8-11(16)15(2)12(14)17)13-9-6-4-3-5-7-9/h3-7,10,13H,8H2,1-2H3. The highest BCUT2D eigenvalue weighted by atomic mass is 16.2. The molecule has 1 aromatic carbocycles. The average Bonchev–Trinajstić information content (AvgIpc) is 2.35. The molecule has 1 saturated heterocycles. The van der Waals surface area contributed by atoms with E-state index in [0.717, 1.165) is 10.6 Å². The van der Waals surface area contributed by atoms with Crippen LogP contribution in [0.15, 0.2) is 30.3 Å². The zero-order valence-electron chi connectivity index (χ0n) is 9.88. The van der Waals surface area contributed by atoms with Gasteiger partial charge in [-0.25, -0.2) is 4.79 Å². The van der Waals surface area contributed by atoms with Crippen LogP contribution in [-0.4, -0.2) is 42.0 Å². The number of hydrogen-bond acceptors (Lipinski definition) is 3. The molecule has 90 valence electrons. The van der Waals surface area contributed by atoms with Crippen molar-refractivity contribution in [3.05, 3.63) is 30.3 Å².